The summed E-state index contributed by atoms with van der Waals surface area (Å²) in [6.07, 6.45) is -0.466. The van der Waals surface area contributed by atoms with Crippen molar-refractivity contribution in [2.45, 2.75) is 89.8 Å². The third-order valence-corrected chi connectivity index (χ3v) is 9.40. The lowest BCUT2D eigenvalue weighted by Gasteiger charge is -2.63. The van der Waals surface area contributed by atoms with Gasteiger partial charge in [0.2, 0.25) is 0 Å². The van der Waals surface area contributed by atoms with Crippen molar-refractivity contribution in [1.82, 2.24) is 0 Å². The molecule has 2 saturated carbocycles. The first kappa shape index (κ1) is 22.6. The van der Waals surface area contributed by atoms with E-state index >= 15 is 0 Å². The molecule has 180 valence electrons. The van der Waals surface area contributed by atoms with Gasteiger partial charge in [0.05, 0.1) is 6.10 Å². The van der Waals surface area contributed by atoms with E-state index in [9.17, 15) is 19.5 Å². The van der Waals surface area contributed by atoms with Crippen LogP contribution in [0.5, 0.6) is 0 Å². The minimum atomic E-state index is -1.50. The van der Waals surface area contributed by atoms with Crippen LogP contribution in [0.3, 0.4) is 0 Å². The predicted molar refractivity (Wildman–Crippen MR) is 115 cm³/mol. The molecule has 2 aliphatic carbocycles. The van der Waals surface area contributed by atoms with Gasteiger partial charge in [0.25, 0.3) is 0 Å². The first-order chi connectivity index (χ1) is 15.3. The van der Waals surface area contributed by atoms with Gasteiger partial charge in [-0.3, -0.25) is 9.59 Å². The van der Waals surface area contributed by atoms with E-state index in [1.54, 1.807) is 6.92 Å². The van der Waals surface area contributed by atoms with Crippen LogP contribution in [0.1, 0.15) is 60.3 Å². The summed E-state index contributed by atoms with van der Waals surface area (Å²) in [6.45, 7) is 12.3. The van der Waals surface area contributed by atoms with Crippen LogP contribution >= 0.6 is 0 Å². The molecule has 5 aliphatic rings. The van der Waals surface area contributed by atoms with Crippen LogP contribution in [0, 0.1) is 16.7 Å². The van der Waals surface area contributed by atoms with E-state index in [1.165, 1.54) is 6.92 Å². The van der Waals surface area contributed by atoms with Crippen molar-refractivity contribution in [2.24, 2.45) is 16.7 Å². The molecule has 5 rings (SSSR count). The highest BCUT2D eigenvalue weighted by Gasteiger charge is 2.83. The van der Waals surface area contributed by atoms with Crippen molar-refractivity contribution in [3.8, 4) is 0 Å². The lowest BCUT2D eigenvalue weighted by Crippen LogP contribution is -2.73. The molecule has 8 atom stereocenters. The van der Waals surface area contributed by atoms with E-state index in [4.69, 9.17) is 18.9 Å². The summed E-state index contributed by atoms with van der Waals surface area (Å²) >= 11 is 0. The Morgan fingerprint density at radius 1 is 1.27 bits per heavy atom. The summed E-state index contributed by atoms with van der Waals surface area (Å²) in [5, 5.41) is 12.4. The van der Waals surface area contributed by atoms with Crippen molar-refractivity contribution in [2.75, 3.05) is 6.61 Å². The molecular weight excluding hydrogens is 428 g/mol. The topological polar surface area (TPSA) is 108 Å². The van der Waals surface area contributed by atoms with Gasteiger partial charge in [-0.15, -0.1) is 0 Å². The zero-order chi connectivity index (χ0) is 24.1. The lowest BCUT2D eigenvalue weighted by atomic mass is 9.44. The van der Waals surface area contributed by atoms with E-state index in [1.807, 2.05) is 20.8 Å². The summed E-state index contributed by atoms with van der Waals surface area (Å²) < 4.78 is 24.1. The van der Waals surface area contributed by atoms with Gasteiger partial charge in [-0.2, -0.15) is 0 Å². The zero-order valence-electron chi connectivity index (χ0n) is 19.9. The Labute approximate surface area is 193 Å². The van der Waals surface area contributed by atoms with Gasteiger partial charge in [-0.25, -0.2) is 4.79 Å². The third-order valence-electron chi connectivity index (χ3n) is 9.40. The Balaban J connectivity index is 1.77. The molecule has 8 nitrogen and oxygen atoms in total. The number of rotatable bonds is 4. The maximum absolute atomic E-state index is 13.8. The predicted octanol–water partition coefficient (Wildman–Crippen LogP) is 2.38. The minimum Gasteiger partial charge on any atom is -0.465 e. The summed E-state index contributed by atoms with van der Waals surface area (Å²) in [5.41, 5.74) is -3.16. The molecule has 8 heteroatoms. The van der Waals surface area contributed by atoms with Crippen molar-refractivity contribution >= 4 is 17.9 Å². The number of hydrogen-bond acceptors (Lipinski definition) is 8. The Morgan fingerprint density at radius 3 is 2.61 bits per heavy atom. The Kier molecular flexibility index (Phi) is 4.58. The fraction of sp³-hybridized carbons (Fsp3) is 0.720. The normalized spacial score (nSPS) is 47.0. The first-order valence-corrected chi connectivity index (χ1v) is 11.7. The van der Waals surface area contributed by atoms with Crippen LogP contribution in [0.25, 0.3) is 0 Å². The highest BCUT2D eigenvalue weighted by Crippen LogP contribution is 2.72. The fourth-order valence-electron chi connectivity index (χ4n) is 7.34. The molecule has 3 bridgehead atoms. The van der Waals surface area contributed by atoms with Crippen LogP contribution in [0.4, 0.5) is 0 Å². The second-order valence-electron chi connectivity index (χ2n) is 10.9. The van der Waals surface area contributed by atoms with Gasteiger partial charge in [-0.05, 0) is 38.2 Å². The van der Waals surface area contributed by atoms with Crippen LogP contribution in [-0.2, 0) is 33.3 Å². The molecule has 2 saturated heterocycles. The van der Waals surface area contributed by atoms with Crippen LogP contribution in [0.2, 0.25) is 0 Å². The number of fused-ring (bicyclic) bond motifs is 1. The summed E-state index contributed by atoms with van der Waals surface area (Å²) in [4.78, 5) is 38.4. The molecule has 0 aromatic carbocycles. The molecule has 0 unspecified atom stereocenters. The van der Waals surface area contributed by atoms with Crippen molar-refractivity contribution in [3.05, 3.63) is 23.3 Å². The Hall–Kier alpha value is -2.19. The van der Waals surface area contributed by atoms with E-state index in [0.29, 0.717) is 18.4 Å². The standard InChI is InChI=1S/C25H32O8/c1-12(2)20(27)32-19-18-14(4)16-9-23(11-30-15(5)26)21(28)31-17-8-7-13(3)22(19,6)24(17,29)10-25(18,23)33-16/h13,16-17,19,29H,1,7-11H2,2-6H3/t13-,16+,17-,19+,22-,23+,24+,25+/m0/s1. The number of aliphatic hydroxyl groups is 1. The molecule has 0 amide bonds. The van der Waals surface area contributed by atoms with Gasteiger partial charge in [0.1, 0.15) is 35.4 Å². The molecule has 1 N–H and O–H groups in total. The van der Waals surface area contributed by atoms with Gasteiger partial charge < -0.3 is 24.1 Å². The van der Waals surface area contributed by atoms with E-state index in [-0.39, 0.29) is 30.9 Å². The van der Waals surface area contributed by atoms with Gasteiger partial charge in [0, 0.05) is 36.3 Å². The lowest BCUT2D eigenvalue weighted by molar-refractivity contribution is -0.263. The summed E-state index contributed by atoms with van der Waals surface area (Å²) in [6, 6.07) is 0. The molecule has 4 fully saturated rings. The summed E-state index contributed by atoms with van der Waals surface area (Å²) in [5.74, 6) is -1.63. The van der Waals surface area contributed by atoms with E-state index < -0.39 is 58.3 Å². The second-order valence-corrected chi connectivity index (χ2v) is 10.9. The van der Waals surface area contributed by atoms with Crippen LogP contribution in [0.15, 0.2) is 23.3 Å². The molecular formula is C25H32O8. The second kappa shape index (κ2) is 6.69. The zero-order valence-corrected chi connectivity index (χ0v) is 19.9. The molecule has 3 aliphatic heterocycles. The first-order valence-electron chi connectivity index (χ1n) is 11.7. The maximum Gasteiger partial charge on any atom is 0.333 e. The highest BCUT2D eigenvalue weighted by molar-refractivity contribution is 5.88. The third kappa shape index (κ3) is 2.46. The van der Waals surface area contributed by atoms with Gasteiger partial charge in [-0.1, -0.05) is 20.4 Å². The molecule has 0 aromatic rings. The Bertz CT molecular complexity index is 1010. The molecule has 33 heavy (non-hydrogen) atoms. The van der Waals surface area contributed by atoms with E-state index in [0.717, 1.165) is 5.57 Å². The van der Waals surface area contributed by atoms with E-state index in [2.05, 4.69) is 6.58 Å². The number of esters is 3. The minimum absolute atomic E-state index is 0.0295. The molecule has 1 spiro atoms. The highest BCUT2D eigenvalue weighted by atomic mass is 16.6. The molecule has 0 radical (unpaired) electrons. The fourth-order valence-corrected chi connectivity index (χ4v) is 7.34. The number of ether oxygens (including phenoxy) is 4. The van der Waals surface area contributed by atoms with Gasteiger partial charge in [0.15, 0.2) is 0 Å². The quantitative estimate of drug-likeness (QED) is 0.295. The monoisotopic (exact) mass is 460 g/mol. The number of carbonyl (C=O) groups excluding carboxylic acids is 3. The van der Waals surface area contributed by atoms with Gasteiger partial charge >= 0.3 is 17.9 Å². The van der Waals surface area contributed by atoms with Crippen LogP contribution < -0.4 is 0 Å². The molecule has 3 heterocycles. The summed E-state index contributed by atoms with van der Waals surface area (Å²) in [7, 11) is 0. The van der Waals surface area contributed by atoms with Crippen molar-refractivity contribution in [1.29, 1.82) is 0 Å². The SMILES string of the molecule is C=C(C)C(=O)O[C@@H]1C2=C(C)[C@H]3C[C@@]4(COC(C)=O)C(=O)O[C@H]5CC[C@H](C)[C@]1(C)[C@@]5(O)C[C@@]24O3. The average molecular weight is 461 g/mol. The maximum atomic E-state index is 13.8. The smallest absolute Gasteiger partial charge is 0.333 e. The largest absolute Gasteiger partial charge is 0.465 e. The van der Waals surface area contributed by atoms with Crippen molar-refractivity contribution < 1.29 is 38.4 Å². The number of hydrogen-bond donors (Lipinski definition) is 1. The number of carbonyl (C=O) groups is 3. The molecule has 0 aromatic heterocycles. The van der Waals surface area contributed by atoms with Crippen molar-refractivity contribution in [3.63, 3.8) is 0 Å². The average Bonchev–Trinajstić information content (AvgIpc) is 3.17. The van der Waals surface area contributed by atoms with Crippen LogP contribution in [-0.4, -0.2) is 59.1 Å². The Morgan fingerprint density at radius 2 is 1.97 bits per heavy atom.